The van der Waals surface area contributed by atoms with Gasteiger partial charge in [0.2, 0.25) is 5.88 Å². The highest BCUT2D eigenvalue weighted by Crippen LogP contribution is 2.21. The first-order chi connectivity index (χ1) is 8.16. The first-order valence-electron chi connectivity index (χ1n) is 5.86. The Hall–Kier alpha value is -0.870. The quantitative estimate of drug-likeness (QED) is 0.706. The molecule has 5 heteroatoms. The molecule has 0 aromatic carbocycles. The molecule has 1 heterocycles. The first kappa shape index (κ1) is 14.2. The van der Waals surface area contributed by atoms with Crippen LogP contribution in [0.3, 0.4) is 0 Å². The van der Waals surface area contributed by atoms with Crippen LogP contribution >= 0.6 is 11.6 Å². The third-order valence-electron chi connectivity index (χ3n) is 2.53. The van der Waals surface area contributed by atoms with Crippen molar-refractivity contribution in [3.63, 3.8) is 0 Å². The van der Waals surface area contributed by atoms with Crippen molar-refractivity contribution in [3.8, 4) is 5.88 Å². The maximum atomic E-state index is 5.85. The van der Waals surface area contributed by atoms with Crippen LogP contribution in [0.4, 0.5) is 0 Å². The molecule has 0 bridgehead atoms. The number of hydrogen-bond acceptors (Lipinski definition) is 4. The fourth-order valence-corrected chi connectivity index (χ4v) is 1.42. The Labute approximate surface area is 107 Å². The van der Waals surface area contributed by atoms with E-state index in [1.54, 1.807) is 0 Å². The van der Waals surface area contributed by atoms with Gasteiger partial charge in [-0.05, 0) is 25.8 Å². The number of ether oxygens (including phenoxy) is 2. The molecule has 1 aromatic heterocycles. The molecule has 0 aliphatic carbocycles. The Morgan fingerprint density at radius 2 is 1.82 bits per heavy atom. The molecule has 0 atom stereocenters. The highest BCUT2D eigenvalue weighted by molar-refractivity contribution is 6.30. The van der Waals surface area contributed by atoms with Gasteiger partial charge in [0.25, 0.3) is 0 Å². The summed E-state index contributed by atoms with van der Waals surface area (Å²) < 4.78 is 10.9. The number of aromatic nitrogens is 2. The predicted molar refractivity (Wildman–Crippen MR) is 67.7 cm³/mol. The molecule has 0 N–H and O–H groups in total. The van der Waals surface area contributed by atoms with Gasteiger partial charge < -0.3 is 9.47 Å². The Kier molecular flexibility index (Phi) is 6.22. The van der Waals surface area contributed by atoms with E-state index in [0.29, 0.717) is 24.2 Å². The van der Waals surface area contributed by atoms with E-state index in [2.05, 4.69) is 17.1 Å². The molecule has 0 radical (unpaired) electrons. The smallest absolute Gasteiger partial charge is 0.236 e. The minimum absolute atomic E-state index is 0.425. The zero-order valence-electron chi connectivity index (χ0n) is 10.6. The molecule has 0 saturated carbocycles. The van der Waals surface area contributed by atoms with Gasteiger partial charge in [0.1, 0.15) is 6.61 Å². The van der Waals surface area contributed by atoms with Crippen LogP contribution in [0.1, 0.15) is 30.9 Å². The normalized spacial score (nSPS) is 10.6. The third-order valence-corrected chi connectivity index (χ3v) is 2.89. The van der Waals surface area contributed by atoms with E-state index in [1.165, 1.54) is 0 Å². The van der Waals surface area contributed by atoms with Crippen molar-refractivity contribution in [2.75, 3.05) is 19.8 Å². The molecule has 1 aromatic rings. The van der Waals surface area contributed by atoms with Crippen LogP contribution in [0.2, 0.25) is 5.15 Å². The summed E-state index contributed by atoms with van der Waals surface area (Å²) in [5.41, 5.74) is 1.84. The molecular weight excluding hydrogens is 240 g/mol. The first-order valence-corrected chi connectivity index (χ1v) is 6.24. The summed E-state index contributed by atoms with van der Waals surface area (Å²) in [6.45, 7) is 7.79. The molecule has 0 spiro atoms. The van der Waals surface area contributed by atoms with Crippen LogP contribution in [0.5, 0.6) is 5.88 Å². The van der Waals surface area contributed by atoms with Crippen molar-refractivity contribution in [1.82, 2.24) is 10.2 Å². The molecule has 96 valence electrons. The summed E-state index contributed by atoms with van der Waals surface area (Å²) in [7, 11) is 0. The van der Waals surface area contributed by atoms with E-state index in [0.717, 1.165) is 30.6 Å². The highest BCUT2D eigenvalue weighted by Gasteiger charge is 2.08. The largest absolute Gasteiger partial charge is 0.474 e. The second kappa shape index (κ2) is 7.45. The van der Waals surface area contributed by atoms with Crippen LogP contribution in [-0.4, -0.2) is 30.0 Å². The lowest BCUT2D eigenvalue weighted by Gasteiger charge is -2.09. The lowest BCUT2D eigenvalue weighted by Crippen LogP contribution is -2.10. The fraction of sp³-hybridized carbons (Fsp3) is 0.667. The Bertz CT molecular complexity index is 359. The third kappa shape index (κ3) is 4.48. The van der Waals surface area contributed by atoms with Crippen LogP contribution < -0.4 is 4.74 Å². The molecule has 0 aliphatic rings. The van der Waals surface area contributed by atoms with Gasteiger partial charge >= 0.3 is 0 Å². The maximum Gasteiger partial charge on any atom is 0.236 e. The van der Waals surface area contributed by atoms with Crippen LogP contribution in [-0.2, 0) is 4.74 Å². The number of hydrogen-bond donors (Lipinski definition) is 0. The molecule has 1 rings (SSSR count). The standard InChI is InChI=1S/C12H19ClN2O2/c1-4-5-6-16-7-8-17-12-10(3)9(2)11(13)14-15-12/h4-8H2,1-3H3. The number of nitrogens with zero attached hydrogens (tertiary/aromatic N) is 2. The van der Waals surface area contributed by atoms with Gasteiger partial charge in [0, 0.05) is 12.2 Å². The molecule has 0 fully saturated rings. The van der Waals surface area contributed by atoms with E-state index in [-0.39, 0.29) is 0 Å². The van der Waals surface area contributed by atoms with Gasteiger partial charge in [0.05, 0.1) is 6.61 Å². The SMILES string of the molecule is CCCCOCCOc1nnc(Cl)c(C)c1C. The maximum absolute atomic E-state index is 5.85. The Morgan fingerprint density at radius 3 is 2.53 bits per heavy atom. The molecule has 0 amide bonds. The summed E-state index contributed by atoms with van der Waals surface area (Å²) in [5, 5.41) is 8.16. The fourth-order valence-electron chi connectivity index (χ4n) is 1.24. The Balaban J connectivity index is 2.35. The monoisotopic (exact) mass is 258 g/mol. The van der Waals surface area contributed by atoms with E-state index in [1.807, 2.05) is 13.8 Å². The van der Waals surface area contributed by atoms with E-state index < -0.39 is 0 Å². The van der Waals surface area contributed by atoms with Crippen molar-refractivity contribution >= 4 is 11.6 Å². The second-order valence-corrected chi connectivity index (χ2v) is 4.22. The minimum Gasteiger partial charge on any atom is -0.474 e. The van der Waals surface area contributed by atoms with Crippen LogP contribution in [0.15, 0.2) is 0 Å². The van der Waals surface area contributed by atoms with Crippen molar-refractivity contribution < 1.29 is 9.47 Å². The molecule has 0 aliphatic heterocycles. The predicted octanol–water partition coefficient (Wildman–Crippen LogP) is 2.94. The lowest BCUT2D eigenvalue weighted by molar-refractivity contribution is 0.0958. The average Bonchev–Trinajstić information content (AvgIpc) is 2.33. The average molecular weight is 259 g/mol. The Morgan fingerprint density at radius 1 is 1.06 bits per heavy atom. The van der Waals surface area contributed by atoms with Gasteiger partial charge in [0.15, 0.2) is 5.15 Å². The summed E-state index contributed by atoms with van der Waals surface area (Å²) >= 11 is 5.85. The summed E-state index contributed by atoms with van der Waals surface area (Å²) in [5.74, 6) is 0.533. The molecule has 0 unspecified atom stereocenters. The summed E-state index contributed by atoms with van der Waals surface area (Å²) in [4.78, 5) is 0. The van der Waals surface area contributed by atoms with Gasteiger partial charge in [-0.25, -0.2) is 0 Å². The summed E-state index contributed by atoms with van der Waals surface area (Å²) in [6.07, 6.45) is 2.22. The zero-order chi connectivity index (χ0) is 12.7. The molecule has 17 heavy (non-hydrogen) atoms. The molecule has 0 saturated heterocycles. The number of halogens is 1. The van der Waals surface area contributed by atoms with Crippen molar-refractivity contribution in [3.05, 3.63) is 16.3 Å². The van der Waals surface area contributed by atoms with Gasteiger partial charge in [-0.15, -0.1) is 10.2 Å². The van der Waals surface area contributed by atoms with Gasteiger partial charge in [-0.3, -0.25) is 0 Å². The van der Waals surface area contributed by atoms with Crippen molar-refractivity contribution in [2.45, 2.75) is 33.6 Å². The van der Waals surface area contributed by atoms with E-state index >= 15 is 0 Å². The van der Waals surface area contributed by atoms with E-state index in [4.69, 9.17) is 21.1 Å². The summed E-state index contributed by atoms with van der Waals surface area (Å²) in [6, 6.07) is 0. The van der Waals surface area contributed by atoms with Crippen molar-refractivity contribution in [1.29, 1.82) is 0 Å². The zero-order valence-corrected chi connectivity index (χ0v) is 11.4. The van der Waals surface area contributed by atoms with E-state index in [9.17, 15) is 0 Å². The molecule has 4 nitrogen and oxygen atoms in total. The molecular formula is C12H19ClN2O2. The van der Waals surface area contributed by atoms with Crippen LogP contribution in [0.25, 0.3) is 0 Å². The number of rotatable bonds is 7. The van der Waals surface area contributed by atoms with Crippen LogP contribution in [0, 0.1) is 13.8 Å². The number of unbranched alkanes of at least 4 members (excludes halogenated alkanes) is 1. The minimum atomic E-state index is 0.425. The topological polar surface area (TPSA) is 44.2 Å². The lowest BCUT2D eigenvalue weighted by atomic mass is 10.2. The van der Waals surface area contributed by atoms with Gasteiger partial charge in [-0.2, -0.15) is 0 Å². The van der Waals surface area contributed by atoms with Gasteiger partial charge in [-0.1, -0.05) is 24.9 Å². The highest BCUT2D eigenvalue weighted by atomic mass is 35.5. The van der Waals surface area contributed by atoms with Crippen molar-refractivity contribution in [2.24, 2.45) is 0 Å². The second-order valence-electron chi connectivity index (χ2n) is 3.86.